The number of ketones is 1. The molecule has 1 atom stereocenters. The van der Waals surface area contributed by atoms with Gasteiger partial charge in [0.25, 0.3) is 5.56 Å². The lowest BCUT2D eigenvalue weighted by molar-refractivity contribution is -0.117. The highest BCUT2D eigenvalue weighted by Crippen LogP contribution is 2.45. The van der Waals surface area contributed by atoms with Crippen LogP contribution in [0, 0.1) is 4.77 Å². The van der Waals surface area contributed by atoms with Gasteiger partial charge in [-0.3, -0.25) is 18.7 Å². The van der Waals surface area contributed by atoms with Crippen molar-refractivity contribution in [2.24, 2.45) is 0 Å². The van der Waals surface area contributed by atoms with Gasteiger partial charge in [-0.1, -0.05) is 41.4 Å². The fourth-order valence-electron chi connectivity index (χ4n) is 4.26. The van der Waals surface area contributed by atoms with E-state index < -0.39 is 5.92 Å². The molecular weight excluding hydrogens is 491 g/mol. The minimum absolute atomic E-state index is 0.0365. The molecule has 0 fully saturated rings. The SMILES string of the molecule is CC(=O)CC1c2ccccc2Oc2c1c(=O)n(-c1ccc(Cl)cc1)c(=S)n2-c1ccc(Cl)cc1. The van der Waals surface area contributed by atoms with Crippen molar-refractivity contribution < 1.29 is 9.53 Å². The first-order valence-corrected chi connectivity index (χ1v) is 11.7. The van der Waals surface area contributed by atoms with Gasteiger partial charge in [0, 0.05) is 27.9 Å². The summed E-state index contributed by atoms with van der Waals surface area (Å²) in [7, 11) is 0. The summed E-state index contributed by atoms with van der Waals surface area (Å²) in [6.45, 7) is 1.52. The lowest BCUT2D eigenvalue weighted by Crippen LogP contribution is -2.32. The predicted octanol–water partition coefficient (Wildman–Crippen LogP) is 6.88. The fourth-order valence-corrected chi connectivity index (χ4v) is 4.89. The van der Waals surface area contributed by atoms with E-state index in [0.29, 0.717) is 38.6 Å². The van der Waals surface area contributed by atoms with Gasteiger partial charge in [-0.05, 0) is 73.7 Å². The first kappa shape index (κ1) is 22.6. The third kappa shape index (κ3) is 3.88. The molecule has 1 aromatic heterocycles. The monoisotopic (exact) mass is 508 g/mol. The molecule has 0 saturated carbocycles. The Balaban J connectivity index is 1.90. The molecule has 8 heteroatoms. The second-order valence-corrected chi connectivity index (χ2v) is 9.27. The minimum atomic E-state index is -0.488. The molecule has 34 heavy (non-hydrogen) atoms. The van der Waals surface area contributed by atoms with Crippen molar-refractivity contribution in [2.75, 3.05) is 0 Å². The Morgan fingerprint density at radius 2 is 1.47 bits per heavy atom. The van der Waals surface area contributed by atoms with Crippen molar-refractivity contribution in [3.63, 3.8) is 0 Å². The number of nitrogens with zero attached hydrogens (tertiary/aromatic N) is 2. The van der Waals surface area contributed by atoms with Crippen LogP contribution in [0.25, 0.3) is 11.4 Å². The Kier molecular flexibility index (Phi) is 5.90. The number of ether oxygens (including phenoxy) is 1. The van der Waals surface area contributed by atoms with Crippen LogP contribution in [0.3, 0.4) is 0 Å². The lowest BCUT2D eigenvalue weighted by atomic mass is 9.86. The quantitative estimate of drug-likeness (QED) is 0.282. The average molecular weight is 509 g/mol. The maximum Gasteiger partial charge on any atom is 0.266 e. The van der Waals surface area contributed by atoms with Crippen LogP contribution in [-0.4, -0.2) is 14.9 Å². The average Bonchev–Trinajstić information content (AvgIpc) is 2.81. The van der Waals surface area contributed by atoms with Gasteiger partial charge in [-0.15, -0.1) is 0 Å². The normalized spacial score (nSPS) is 14.1. The molecular formula is C26H18Cl2N2O3S. The molecule has 3 aromatic carbocycles. The van der Waals surface area contributed by atoms with E-state index in [1.807, 2.05) is 24.3 Å². The number of para-hydroxylation sites is 1. The number of fused-ring (bicyclic) bond motifs is 2. The number of halogens is 2. The van der Waals surface area contributed by atoms with E-state index in [1.54, 1.807) is 53.1 Å². The van der Waals surface area contributed by atoms with Gasteiger partial charge < -0.3 is 4.74 Å². The Bertz CT molecular complexity index is 1540. The highest BCUT2D eigenvalue weighted by molar-refractivity contribution is 7.71. The van der Waals surface area contributed by atoms with Gasteiger partial charge in [-0.25, -0.2) is 0 Å². The molecule has 5 rings (SSSR count). The largest absolute Gasteiger partial charge is 0.440 e. The summed E-state index contributed by atoms with van der Waals surface area (Å²) in [5.41, 5.74) is 2.05. The number of Topliss-reactive ketones (excluding diaryl/α,β-unsaturated/α-hetero) is 1. The molecule has 0 saturated heterocycles. The molecule has 0 radical (unpaired) electrons. The second kappa shape index (κ2) is 8.87. The van der Waals surface area contributed by atoms with Crippen molar-refractivity contribution in [2.45, 2.75) is 19.3 Å². The number of aromatic nitrogens is 2. The number of rotatable bonds is 4. The summed E-state index contributed by atoms with van der Waals surface area (Å²) in [5.74, 6) is 0.359. The molecule has 0 amide bonds. The van der Waals surface area contributed by atoms with E-state index in [4.69, 9.17) is 40.2 Å². The van der Waals surface area contributed by atoms with Crippen molar-refractivity contribution in [3.05, 3.63) is 109 Å². The summed E-state index contributed by atoms with van der Waals surface area (Å²) in [5, 5.41) is 1.11. The van der Waals surface area contributed by atoms with Crippen LogP contribution in [0.15, 0.2) is 77.6 Å². The Morgan fingerprint density at radius 1 is 0.912 bits per heavy atom. The molecule has 0 bridgehead atoms. The third-order valence-corrected chi connectivity index (χ3v) is 6.63. The molecule has 0 N–H and O–H groups in total. The molecule has 0 aliphatic carbocycles. The summed E-state index contributed by atoms with van der Waals surface area (Å²) >= 11 is 18.0. The van der Waals surface area contributed by atoms with Crippen LogP contribution in [0.1, 0.15) is 30.4 Å². The summed E-state index contributed by atoms with van der Waals surface area (Å²) in [6, 6.07) is 21.4. The zero-order chi connectivity index (χ0) is 24.0. The summed E-state index contributed by atoms with van der Waals surface area (Å²) < 4.78 is 9.67. The van der Waals surface area contributed by atoms with Crippen LogP contribution in [0.4, 0.5) is 0 Å². The highest BCUT2D eigenvalue weighted by atomic mass is 35.5. The Morgan fingerprint density at radius 3 is 2.06 bits per heavy atom. The first-order chi connectivity index (χ1) is 16.3. The van der Waals surface area contributed by atoms with E-state index in [9.17, 15) is 9.59 Å². The molecule has 0 spiro atoms. The van der Waals surface area contributed by atoms with Crippen LogP contribution in [-0.2, 0) is 4.79 Å². The molecule has 4 aromatic rings. The summed E-state index contributed by atoms with van der Waals surface area (Å²) in [4.78, 5) is 26.3. The van der Waals surface area contributed by atoms with Crippen LogP contribution in [0.2, 0.25) is 10.0 Å². The molecule has 170 valence electrons. The van der Waals surface area contributed by atoms with Gasteiger partial charge in [0.2, 0.25) is 5.88 Å². The minimum Gasteiger partial charge on any atom is -0.440 e. The van der Waals surface area contributed by atoms with Crippen molar-refractivity contribution in [1.29, 1.82) is 0 Å². The smallest absolute Gasteiger partial charge is 0.266 e. The zero-order valence-electron chi connectivity index (χ0n) is 18.0. The van der Waals surface area contributed by atoms with Crippen LogP contribution >= 0.6 is 35.4 Å². The van der Waals surface area contributed by atoms with Crippen LogP contribution in [0.5, 0.6) is 11.6 Å². The number of hydrogen-bond donors (Lipinski definition) is 0. The van der Waals surface area contributed by atoms with Crippen molar-refractivity contribution in [3.8, 4) is 23.0 Å². The van der Waals surface area contributed by atoms with E-state index in [2.05, 4.69) is 0 Å². The summed E-state index contributed by atoms with van der Waals surface area (Å²) in [6.07, 6.45) is 0.153. The lowest BCUT2D eigenvalue weighted by Gasteiger charge is -2.30. The maximum absolute atomic E-state index is 14.0. The van der Waals surface area contributed by atoms with Crippen molar-refractivity contribution in [1.82, 2.24) is 9.13 Å². The first-order valence-electron chi connectivity index (χ1n) is 10.5. The van der Waals surface area contributed by atoms with E-state index in [-0.39, 0.29) is 22.5 Å². The molecule has 1 aliphatic rings. The molecule has 5 nitrogen and oxygen atoms in total. The number of carbonyl (C=O) groups is 1. The second-order valence-electron chi connectivity index (χ2n) is 8.03. The number of hydrogen-bond acceptors (Lipinski definition) is 4. The van der Waals surface area contributed by atoms with Gasteiger partial charge >= 0.3 is 0 Å². The standard InChI is InChI=1S/C26H18Cl2N2O3S/c1-15(31)14-21-20-4-2-3-5-22(20)33-25-23(21)24(32)29(18-10-6-16(27)7-11-18)26(34)30(25)19-12-8-17(28)9-13-19/h2-13,21H,14H2,1H3. The van der Waals surface area contributed by atoms with E-state index in [0.717, 1.165) is 5.56 Å². The fraction of sp³-hybridized carbons (Fsp3) is 0.115. The van der Waals surface area contributed by atoms with Crippen molar-refractivity contribution >= 4 is 41.2 Å². The Labute approximate surface area is 210 Å². The Hall–Kier alpha value is -3.19. The third-order valence-electron chi connectivity index (χ3n) is 5.76. The van der Waals surface area contributed by atoms with Gasteiger partial charge in [-0.2, -0.15) is 0 Å². The predicted molar refractivity (Wildman–Crippen MR) is 136 cm³/mol. The van der Waals surface area contributed by atoms with E-state index >= 15 is 0 Å². The van der Waals surface area contributed by atoms with Gasteiger partial charge in [0.1, 0.15) is 11.5 Å². The molecule has 1 unspecified atom stereocenters. The van der Waals surface area contributed by atoms with Gasteiger partial charge in [0.05, 0.1) is 16.9 Å². The maximum atomic E-state index is 14.0. The molecule has 1 aliphatic heterocycles. The zero-order valence-corrected chi connectivity index (χ0v) is 20.3. The van der Waals surface area contributed by atoms with Gasteiger partial charge in [0.15, 0.2) is 4.77 Å². The van der Waals surface area contributed by atoms with Crippen LogP contribution < -0.4 is 10.3 Å². The van der Waals surface area contributed by atoms with E-state index in [1.165, 1.54) is 11.5 Å². The number of carbonyl (C=O) groups excluding carboxylic acids is 1. The topological polar surface area (TPSA) is 53.2 Å². The highest BCUT2D eigenvalue weighted by Gasteiger charge is 2.35. The number of benzene rings is 3. The molecule has 2 heterocycles.